The monoisotopic (exact) mass is 291 g/mol. The van der Waals surface area contributed by atoms with E-state index in [-0.39, 0.29) is 17.4 Å². The Morgan fingerprint density at radius 1 is 1.38 bits per heavy atom. The number of carbonyl (C=O) groups excluding carboxylic acids is 1. The van der Waals surface area contributed by atoms with Crippen LogP contribution in [0.5, 0.6) is 0 Å². The van der Waals surface area contributed by atoms with E-state index >= 15 is 0 Å². The highest BCUT2D eigenvalue weighted by atomic mass is 19.1. The van der Waals surface area contributed by atoms with Gasteiger partial charge in [0.25, 0.3) is 0 Å². The van der Waals surface area contributed by atoms with Crippen LogP contribution in [-0.4, -0.2) is 16.9 Å². The number of carbonyl (C=O) groups is 1. The zero-order chi connectivity index (χ0) is 15.4. The van der Waals surface area contributed by atoms with Crippen LogP contribution in [0.15, 0.2) is 41.0 Å². The first-order valence-electron chi connectivity index (χ1n) is 6.76. The van der Waals surface area contributed by atoms with Gasteiger partial charge < -0.3 is 14.8 Å². The lowest BCUT2D eigenvalue weighted by Gasteiger charge is -2.19. The number of hydrogen-bond donors (Lipinski definition) is 2. The number of benzene rings is 1. The Labute approximate surface area is 122 Å². The molecule has 0 radical (unpaired) electrons. The lowest BCUT2D eigenvalue weighted by Crippen LogP contribution is -2.20. The predicted molar refractivity (Wildman–Crippen MR) is 77.8 cm³/mol. The molecule has 0 saturated carbocycles. The van der Waals surface area contributed by atoms with E-state index in [2.05, 4.69) is 5.32 Å². The van der Waals surface area contributed by atoms with Crippen LogP contribution in [0.4, 0.5) is 10.1 Å². The normalized spacial score (nSPS) is 13.7. The van der Waals surface area contributed by atoms with Crippen LogP contribution in [-0.2, 0) is 0 Å². The largest absolute Gasteiger partial charge is 0.467 e. The van der Waals surface area contributed by atoms with Gasteiger partial charge in [-0.1, -0.05) is 6.07 Å². The molecule has 1 aromatic heterocycles. The van der Waals surface area contributed by atoms with Crippen molar-refractivity contribution in [3.05, 3.63) is 53.7 Å². The zero-order valence-corrected chi connectivity index (χ0v) is 12.0. The molecule has 0 amide bonds. The van der Waals surface area contributed by atoms with E-state index in [0.717, 1.165) is 0 Å². The Hall–Kier alpha value is -2.14. The maximum Gasteiger partial charge on any atom is 0.164 e. The number of halogens is 1. The highest BCUT2D eigenvalue weighted by Gasteiger charge is 2.18. The summed E-state index contributed by atoms with van der Waals surface area (Å²) in [6.07, 6.45) is 1.12. The van der Waals surface area contributed by atoms with E-state index in [9.17, 15) is 14.3 Å². The van der Waals surface area contributed by atoms with Gasteiger partial charge in [-0.15, -0.1) is 0 Å². The molecule has 2 atom stereocenters. The molecule has 2 aromatic rings. The summed E-state index contributed by atoms with van der Waals surface area (Å²) in [5.74, 6) is -0.407. The fourth-order valence-corrected chi connectivity index (χ4v) is 2.26. The minimum atomic E-state index is -0.753. The number of nitrogens with one attached hydrogen (secondary N) is 1. The van der Waals surface area contributed by atoms with Gasteiger partial charge in [-0.25, -0.2) is 4.39 Å². The zero-order valence-electron chi connectivity index (χ0n) is 12.0. The second-order valence-electron chi connectivity index (χ2n) is 5.03. The first-order chi connectivity index (χ1) is 9.99. The van der Waals surface area contributed by atoms with Crippen molar-refractivity contribution in [1.29, 1.82) is 0 Å². The number of aliphatic hydroxyl groups is 1. The van der Waals surface area contributed by atoms with E-state index < -0.39 is 11.9 Å². The fraction of sp³-hybridized carbons (Fsp3) is 0.312. The van der Waals surface area contributed by atoms with Crippen molar-refractivity contribution >= 4 is 11.5 Å². The molecule has 2 rings (SSSR count). The number of Topliss-reactive ketones (excluding diaryl/α,β-unsaturated/α-hetero) is 1. The van der Waals surface area contributed by atoms with Gasteiger partial charge in [0.2, 0.25) is 0 Å². The molecule has 2 N–H and O–H groups in total. The van der Waals surface area contributed by atoms with Gasteiger partial charge in [0.1, 0.15) is 17.7 Å². The summed E-state index contributed by atoms with van der Waals surface area (Å²) in [5.41, 5.74) is 0.471. The third-order valence-electron chi connectivity index (χ3n) is 3.22. The molecule has 4 nitrogen and oxygen atoms in total. The van der Waals surface area contributed by atoms with Crippen molar-refractivity contribution < 1.29 is 18.7 Å². The predicted octanol–water partition coefficient (Wildman–Crippen LogP) is 3.55. The van der Waals surface area contributed by atoms with Gasteiger partial charge in [0.05, 0.1) is 11.8 Å². The van der Waals surface area contributed by atoms with E-state index in [1.165, 1.54) is 19.3 Å². The van der Waals surface area contributed by atoms with Gasteiger partial charge in [-0.05, 0) is 38.1 Å². The van der Waals surface area contributed by atoms with E-state index in [1.54, 1.807) is 24.3 Å². The molecule has 0 aliphatic rings. The molecular weight excluding hydrogens is 273 g/mol. The maximum atomic E-state index is 13.7. The number of hydrogen-bond acceptors (Lipinski definition) is 4. The molecule has 1 heterocycles. The van der Waals surface area contributed by atoms with Crippen molar-refractivity contribution in [2.45, 2.75) is 32.4 Å². The number of ketones is 1. The van der Waals surface area contributed by atoms with Crippen LogP contribution in [0.1, 0.15) is 42.5 Å². The summed E-state index contributed by atoms with van der Waals surface area (Å²) >= 11 is 0. The molecule has 5 heteroatoms. The van der Waals surface area contributed by atoms with E-state index in [4.69, 9.17) is 4.42 Å². The molecule has 21 heavy (non-hydrogen) atoms. The Bertz CT molecular complexity index is 610. The molecule has 0 aliphatic heterocycles. The maximum absolute atomic E-state index is 13.7. The molecule has 112 valence electrons. The van der Waals surface area contributed by atoms with Crippen molar-refractivity contribution in [2.24, 2.45) is 0 Å². The average Bonchev–Trinajstić information content (AvgIpc) is 2.91. The Kier molecular flexibility index (Phi) is 4.75. The lowest BCUT2D eigenvalue weighted by atomic mass is 10.1. The molecule has 0 bridgehead atoms. The van der Waals surface area contributed by atoms with Gasteiger partial charge >= 0.3 is 0 Å². The minimum Gasteiger partial charge on any atom is -0.467 e. The smallest absolute Gasteiger partial charge is 0.164 e. The third kappa shape index (κ3) is 3.70. The Morgan fingerprint density at radius 3 is 2.76 bits per heavy atom. The van der Waals surface area contributed by atoms with Crippen LogP contribution < -0.4 is 5.32 Å². The summed E-state index contributed by atoms with van der Waals surface area (Å²) in [5, 5.41) is 13.1. The molecule has 0 aliphatic carbocycles. The molecule has 0 fully saturated rings. The van der Waals surface area contributed by atoms with Crippen LogP contribution in [0.25, 0.3) is 0 Å². The lowest BCUT2D eigenvalue weighted by molar-refractivity contribution is 0.101. The van der Waals surface area contributed by atoms with Gasteiger partial charge in [0, 0.05) is 18.2 Å². The highest BCUT2D eigenvalue weighted by Crippen LogP contribution is 2.24. The number of aliphatic hydroxyl groups excluding tert-OH is 1. The molecule has 1 aromatic carbocycles. The summed E-state index contributed by atoms with van der Waals surface area (Å²) in [6.45, 7) is 3.17. The Morgan fingerprint density at radius 2 is 2.14 bits per heavy atom. The molecule has 0 spiro atoms. The molecule has 0 unspecified atom stereocenters. The van der Waals surface area contributed by atoms with Crippen molar-refractivity contribution in [3.63, 3.8) is 0 Å². The van der Waals surface area contributed by atoms with Crippen LogP contribution in [0.3, 0.4) is 0 Å². The first-order valence-corrected chi connectivity index (χ1v) is 6.76. The second-order valence-corrected chi connectivity index (χ2v) is 5.03. The topological polar surface area (TPSA) is 62.5 Å². The minimum absolute atomic E-state index is 0.0387. The van der Waals surface area contributed by atoms with Crippen LogP contribution in [0.2, 0.25) is 0 Å². The second kappa shape index (κ2) is 6.54. The van der Waals surface area contributed by atoms with E-state index in [0.29, 0.717) is 17.9 Å². The summed E-state index contributed by atoms with van der Waals surface area (Å²) < 4.78 is 18.8. The molecular formula is C16H18FNO3. The SMILES string of the molecule is CC(=O)c1c(F)cccc1N[C@H](C)C[C@@H](O)c1ccco1. The van der Waals surface area contributed by atoms with Crippen LogP contribution >= 0.6 is 0 Å². The van der Waals surface area contributed by atoms with Crippen LogP contribution in [0, 0.1) is 5.82 Å². The average molecular weight is 291 g/mol. The molecule has 0 saturated heterocycles. The van der Waals surface area contributed by atoms with E-state index in [1.807, 2.05) is 6.92 Å². The van der Waals surface area contributed by atoms with Gasteiger partial charge in [-0.3, -0.25) is 4.79 Å². The van der Waals surface area contributed by atoms with Gasteiger partial charge in [0.15, 0.2) is 5.78 Å². The number of rotatable bonds is 6. The van der Waals surface area contributed by atoms with Crippen molar-refractivity contribution in [3.8, 4) is 0 Å². The third-order valence-corrected chi connectivity index (χ3v) is 3.22. The standard InChI is InChI=1S/C16H18FNO3/c1-10(9-14(20)15-7-4-8-21-15)18-13-6-3-5-12(17)16(13)11(2)19/h3-8,10,14,18,20H,9H2,1-2H3/t10-,14-/m1/s1. The number of furan rings is 1. The van der Waals surface area contributed by atoms with Crippen molar-refractivity contribution in [2.75, 3.05) is 5.32 Å². The summed E-state index contributed by atoms with van der Waals surface area (Å²) in [6, 6.07) is 7.68. The van der Waals surface area contributed by atoms with Crippen molar-refractivity contribution in [1.82, 2.24) is 0 Å². The first kappa shape index (κ1) is 15.3. The summed E-state index contributed by atoms with van der Waals surface area (Å²) in [4.78, 5) is 11.5. The summed E-state index contributed by atoms with van der Waals surface area (Å²) in [7, 11) is 0. The number of anilines is 1. The Balaban J connectivity index is 2.08. The van der Waals surface area contributed by atoms with Gasteiger partial charge in [-0.2, -0.15) is 0 Å². The quantitative estimate of drug-likeness (QED) is 0.799. The highest BCUT2D eigenvalue weighted by molar-refractivity contribution is 5.99. The fourth-order valence-electron chi connectivity index (χ4n) is 2.26.